The van der Waals surface area contributed by atoms with Crippen molar-refractivity contribution < 1.29 is 9.84 Å². The Balaban J connectivity index is 1.99. The van der Waals surface area contributed by atoms with Gasteiger partial charge in [-0.05, 0) is 44.2 Å². The van der Waals surface area contributed by atoms with Crippen LogP contribution in [0.15, 0.2) is 53.0 Å². The molecule has 116 valence electrons. The molecule has 0 radical (unpaired) electrons. The van der Waals surface area contributed by atoms with E-state index in [1.807, 2.05) is 68.5 Å². The van der Waals surface area contributed by atoms with E-state index in [1.54, 1.807) is 0 Å². The highest BCUT2D eigenvalue weighted by molar-refractivity contribution is 9.10. The fraction of sp³-hybridized carbons (Fsp3) is 0.200. The van der Waals surface area contributed by atoms with E-state index in [2.05, 4.69) is 27.8 Å². The van der Waals surface area contributed by atoms with E-state index in [-0.39, 0.29) is 0 Å². The van der Waals surface area contributed by atoms with Gasteiger partial charge in [-0.15, -0.1) is 0 Å². The lowest BCUT2D eigenvalue weighted by Crippen LogP contribution is -2.28. The Kier molecular flexibility index (Phi) is 4.30. The zero-order chi connectivity index (χ0) is 16.4. The second kappa shape index (κ2) is 6.23. The van der Waals surface area contributed by atoms with Crippen LogP contribution in [0.4, 0.5) is 0 Å². The molecule has 2 aromatic rings. The minimum absolute atomic E-state index is 0.401. The van der Waals surface area contributed by atoms with Gasteiger partial charge in [0.05, 0.1) is 0 Å². The van der Waals surface area contributed by atoms with Crippen molar-refractivity contribution in [3.63, 3.8) is 0 Å². The highest BCUT2D eigenvalue weighted by atomic mass is 79.9. The maximum atomic E-state index is 10.5. The maximum absolute atomic E-state index is 10.5. The predicted molar refractivity (Wildman–Crippen MR) is 96.2 cm³/mol. The first-order valence-electron chi connectivity index (χ1n) is 7.41. The third kappa shape index (κ3) is 3.67. The van der Waals surface area contributed by atoms with Crippen LogP contribution in [0.3, 0.4) is 0 Å². The van der Waals surface area contributed by atoms with E-state index in [1.165, 1.54) is 0 Å². The van der Waals surface area contributed by atoms with Gasteiger partial charge in [0, 0.05) is 21.2 Å². The molecular weight excluding hydrogens is 352 g/mol. The first-order valence-corrected chi connectivity index (χ1v) is 8.20. The monoisotopic (exact) mass is 368 g/mol. The summed E-state index contributed by atoms with van der Waals surface area (Å²) < 4.78 is 6.93. The smallest absolute Gasteiger partial charge is 0.144 e. The molecule has 2 aromatic carbocycles. The van der Waals surface area contributed by atoms with Crippen LogP contribution in [-0.2, 0) is 0 Å². The Hall–Kier alpha value is -2.02. The standard InChI is InChI=1S/C20H17BrO2/c1-20(2)11-10-15-12-16(21)13-17(19(15)23-20)18(22)9-8-14-6-4-3-5-7-14/h3-7,10-13,18,22H,1-2H3. The Morgan fingerprint density at radius 2 is 1.91 bits per heavy atom. The van der Waals surface area contributed by atoms with Gasteiger partial charge in [0.2, 0.25) is 0 Å². The first-order chi connectivity index (χ1) is 10.9. The van der Waals surface area contributed by atoms with Gasteiger partial charge in [-0.25, -0.2) is 0 Å². The van der Waals surface area contributed by atoms with E-state index >= 15 is 0 Å². The molecular formula is C20H17BrO2. The van der Waals surface area contributed by atoms with Gasteiger partial charge in [-0.2, -0.15) is 0 Å². The average molecular weight is 369 g/mol. The molecule has 0 bridgehead atoms. The molecule has 3 heteroatoms. The van der Waals surface area contributed by atoms with Crippen molar-refractivity contribution in [2.75, 3.05) is 0 Å². The lowest BCUT2D eigenvalue weighted by Gasteiger charge is -2.30. The Morgan fingerprint density at radius 3 is 2.65 bits per heavy atom. The third-order valence-electron chi connectivity index (χ3n) is 3.56. The summed E-state index contributed by atoms with van der Waals surface area (Å²) >= 11 is 3.49. The molecule has 0 saturated heterocycles. The van der Waals surface area contributed by atoms with Crippen LogP contribution in [0.5, 0.6) is 5.75 Å². The van der Waals surface area contributed by atoms with Crippen LogP contribution in [0.1, 0.15) is 36.6 Å². The van der Waals surface area contributed by atoms with Gasteiger partial charge < -0.3 is 9.84 Å². The zero-order valence-corrected chi connectivity index (χ0v) is 14.6. The van der Waals surface area contributed by atoms with E-state index in [0.29, 0.717) is 11.3 Å². The lowest BCUT2D eigenvalue weighted by molar-refractivity contribution is 0.149. The molecule has 1 heterocycles. The first kappa shape index (κ1) is 15.9. The number of hydrogen-bond acceptors (Lipinski definition) is 2. The Labute approximate surface area is 144 Å². The number of ether oxygens (including phenoxy) is 1. The molecule has 0 aromatic heterocycles. The summed E-state index contributed by atoms with van der Waals surface area (Å²) in [4.78, 5) is 0. The number of benzene rings is 2. The van der Waals surface area contributed by atoms with Crippen molar-refractivity contribution in [2.45, 2.75) is 25.6 Å². The number of fused-ring (bicyclic) bond motifs is 1. The molecule has 1 aliphatic heterocycles. The van der Waals surface area contributed by atoms with E-state index in [9.17, 15) is 5.11 Å². The topological polar surface area (TPSA) is 29.5 Å². The fourth-order valence-electron chi connectivity index (χ4n) is 2.42. The summed E-state index contributed by atoms with van der Waals surface area (Å²) in [5.41, 5.74) is 2.09. The summed E-state index contributed by atoms with van der Waals surface area (Å²) in [6, 6.07) is 13.5. The second-order valence-electron chi connectivity index (χ2n) is 5.99. The molecule has 3 rings (SSSR count). The summed E-state index contributed by atoms with van der Waals surface area (Å²) in [6.07, 6.45) is 3.11. The number of aliphatic hydroxyl groups excluding tert-OH is 1. The van der Waals surface area contributed by atoms with Crippen LogP contribution < -0.4 is 4.74 Å². The van der Waals surface area contributed by atoms with E-state index < -0.39 is 11.7 Å². The zero-order valence-electron chi connectivity index (χ0n) is 13.0. The van der Waals surface area contributed by atoms with E-state index in [4.69, 9.17) is 4.74 Å². The van der Waals surface area contributed by atoms with E-state index in [0.717, 1.165) is 15.6 Å². The minimum atomic E-state index is -0.913. The van der Waals surface area contributed by atoms with Gasteiger partial charge in [0.25, 0.3) is 0 Å². The minimum Gasteiger partial charge on any atom is -0.483 e. The SMILES string of the molecule is CC1(C)C=Cc2cc(Br)cc(C(O)C#Cc3ccccc3)c2O1. The largest absolute Gasteiger partial charge is 0.483 e. The molecule has 23 heavy (non-hydrogen) atoms. The van der Waals surface area contributed by atoms with Crippen molar-refractivity contribution >= 4 is 22.0 Å². The van der Waals surface area contributed by atoms with Gasteiger partial charge in [0.1, 0.15) is 17.5 Å². The summed E-state index contributed by atoms with van der Waals surface area (Å²) in [6.45, 7) is 3.97. The summed E-state index contributed by atoms with van der Waals surface area (Å²) in [5, 5.41) is 10.5. The highest BCUT2D eigenvalue weighted by Gasteiger charge is 2.26. The van der Waals surface area contributed by atoms with Crippen LogP contribution in [0.25, 0.3) is 6.08 Å². The molecule has 0 fully saturated rings. The van der Waals surface area contributed by atoms with Crippen LogP contribution >= 0.6 is 15.9 Å². The summed E-state index contributed by atoms with van der Waals surface area (Å²) in [7, 11) is 0. The van der Waals surface area contributed by atoms with Crippen LogP contribution in [0.2, 0.25) is 0 Å². The third-order valence-corrected chi connectivity index (χ3v) is 4.02. The van der Waals surface area contributed by atoms with Gasteiger partial charge >= 0.3 is 0 Å². The second-order valence-corrected chi connectivity index (χ2v) is 6.91. The normalized spacial score (nSPS) is 15.8. The van der Waals surface area contributed by atoms with Crippen molar-refractivity contribution in [1.29, 1.82) is 0 Å². The number of rotatable bonds is 1. The molecule has 1 aliphatic rings. The number of halogens is 1. The molecule has 1 unspecified atom stereocenters. The van der Waals surface area contributed by atoms with Gasteiger partial charge in [-0.3, -0.25) is 0 Å². The number of aliphatic hydroxyl groups is 1. The summed E-state index contributed by atoms with van der Waals surface area (Å²) in [5.74, 6) is 6.59. The molecule has 0 spiro atoms. The van der Waals surface area contributed by atoms with Crippen molar-refractivity contribution in [2.24, 2.45) is 0 Å². The van der Waals surface area contributed by atoms with Crippen molar-refractivity contribution in [3.8, 4) is 17.6 Å². The molecule has 0 aliphatic carbocycles. The Morgan fingerprint density at radius 1 is 1.17 bits per heavy atom. The van der Waals surface area contributed by atoms with Crippen LogP contribution in [0, 0.1) is 11.8 Å². The fourth-order valence-corrected chi connectivity index (χ4v) is 2.91. The number of hydrogen-bond donors (Lipinski definition) is 1. The highest BCUT2D eigenvalue weighted by Crippen LogP contribution is 2.39. The van der Waals surface area contributed by atoms with Crippen LogP contribution in [-0.4, -0.2) is 10.7 Å². The molecule has 1 N–H and O–H groups in total. The predicted octanol–water partition coefficient (Wildman–Crippen LogP) is 4.72. The molecule has 0 amide bonds. The quantitative estimate of drug-likeness (QED) is 0.738. The maximum Gasteiger partial charge on any atom is 0.144 e. The van der Waals surface area contributed by atoms with Gasteiger partial charge in [0.15, 0.2) is 0 Å². The van der Waals surface area contributed by atoms with Crippen molar-refractivity contribution in [1.82, 2.24) is 0 Å². The molecule has 1 atom stereocenters. The average Bonchev–Trinajstić information content (AvgIpc) is 2.53. The Bertz CT molecular complexity index is 811. The molecule has 0 saturated carbocycles. The van der Waals surface area contributed by atoms with Gasteiger partial charge in [-0.1, -0.05) is 52.0 Å². The van der Waals surface area contributed by atoms with Crippen molar-refractivity contribution in [3.05, 3.63) is 69.7 Å². The lowest BCUT2D eigenvalue weighted by atomic mass is 9.97. The molecule has 2 nitrogen and oxygen atoms in total.